The molecule has 0 radical (unpaired) electrons. The summed E-state index contributed by atoms with van der Waals surface area (Å²) in [6.07, 6.45) is 4.65. The number of hydrogen-bond acceptors (Lipinski definition) is 3. The monoisotopic (exact) mass is 294 g/mol. The number of unbranched alkanes of at least 4 members (excludes halogenated alkanes) is 3. The predicted octanol–water partition coefficient (Wildman–Crippen LogP) is 4.05. The SMILES string of the molecule is CCCCCCC(C(=O)O)C(C)(C)c1cc(O)ccc1O. The van der Waals surface area contributed by atoms with Crippen LogP contribution in [0.25, 0.3) is 0 Å². The smallest absolute Gasteiger partial charge is 0.307 e. The maximum atomic E-state index is 11.6. The molecule has 4 heteroatoms. The van der Waals surface area contributed by atoms with Crippen molar-refractivity contribution in [2.45, 2.75) is 58.3 Å². The molecule has 0 fully saturated rings. The molecule has 0 aliphatic rings. The molecular weight excluding hydrogens is 268 g/mol. The van der Waals surface area contributed by atoms with E-state index in [-0.39, 0.29) is 11.5 Å². The Morgan fingerprint density at radius 3 is 2.43 bits per heavy atom. The summed E-state index contributed by atoms with van der Waals surface area (Å²) in [6.45, 7) is 5.73. The molecule has 0 aliphatic carbocycles. The van der Waals surface area contributed by atoms with E-state index in [1.54, 1.807) is 13.8 Å². The highest BCUT2D eigenvalue weighted by Crippen LogP contribution is 2.41. The number of carboxylic acids is 1. The maximum absolute atomic E-state index is 11.6. The van der Waals surface area contributed by atoms with E-state index < -0.39 is 17.3 Å². The number of phenols is 2. The summed E-state index contributed by atoms with van der Waals surface area (Å²) < 4.78 is 0. The summed E-state index contributed by atoms with van der Waals surface area (Å²) in [5.74, 6) is -1.40. The van der Waals surface area contributed by atoms with E-state index in [0.29, 0.717) is 12.0 Å². The fourth-order valence-corrected chi connectivity index (χ4v) is 2.80. The largest absolute Gasteiger partial charge is 0.508 e. The molecule has 1 atom stereocenters. The zero-order valence-electron chi connectivity index (χ0n) is 13.1. The minimum atomic E-state index is -0.862. The van der Waals surface area contributed by atoms with Crippen LogP contribution in [-0.2, 0) is 10.2 Å². The molecule has 0 spiro atoms. The first-order valence-corrected chi connectivity index (χ1v) is 7.56. The third-order valence-corrected chi connectivity index (χ3v) is 4.19. The number of hydrogen-bond donors (Lipinski definition) is 3. The molecular formula is C17H26O4. The van der Waals surface area contributed by atoms with Gasteiger partial charge >= 0.3 is 5.97 Å². The first-order chi connectivity index (χ1) is 9.80. The number of aromatic hydroxyl groups is 2. The van der Waals surface area contributed by atoms with Gasteiger partial charge in [-0.05, 0) is 24.6 Å². The molecule has 0 bridgehead atoms. The van der Waals surface area contributed by atoms with E-state index in [0.717, 1.165) is 25.7 Å². The summed E-state index contributed by atoms with van der Waals surface area (Å²) >= 11 is 0. The van der Waals surface area contributed by atoms with Crippen LogP contribution in [0.3, 0.4) is 0 Å². The van der Waals surface area contributed by atoms with Gasteiger partial charge in [-0.1, -0.05) is 46.5 Å². The molecule has 1 rings (SSSR count). The zero-order valence-corrected chi connectivity index (χ0v) is 13.1. The van der Waals surface area contributed by atoms with Crippen LogP contribution in [0.1, 0.15) is 58.4 Å². The van der Waals surface area contributed by atoms with E-state index in [9.17, 15) is 20.1 Å². The molecule has 0 aliphatic heterocycles. The molecule has 0 amide bonds. The highest BCUT2D eigenvalue weighted by Gasteiger charge is 2.38. The number of aliphatic carboxylic acids is 1. The Kier molecular flexibility index (Phi) is 6.06. The van der Waals surface area contributed by atoms with Crippen LogP contribution in [0.5, 0.6) is 11.5 Å². The van der Waals surface area contributed by atoms with Crippen LogP contribution in [0.15, 0.2) is 18.2 Å². The summed E-state index contributed by atoms with van der Waals surface area (Å²) in [6, 6.07) is 4.26. The quantitative estimate of drug-likeness (QED) is 0.499. The molecule has 0 aromatic heterocycles. The normalized spacial score (nSPS) is 13.1. The standard InChI is InChI=1S/C17H26O4/c1-4-5-6-7-8-13(16(20)21)17(2,3)14-11-12(18)9-10-15(14)19/h9-11,13,18-19H,4-8H2,1-3H3,(H,20,21). The molecule has 0 saturated carbocycles. The van der Waals surface area contributed by atoms with Crippen molar-refractivity contribution in [1.82, 2.24) is 0 Å². The lowest BCUT2D eigenvalue weighted by Crippen LogP contribution is -2.34. The number of carboxylic acid groups (broad SMARTS) is 1. The first kappa shape index (κ1) is 17.3. The van der Waals surface area contributed by atoms with Gasteiger partial charge in [0.2, 0.25) is 0 Å². The highest BCUT2D eigenvalue weighted by molar-refractivity contribution is 5.72. The molecule has 118 valence electrons. The van der Waals surface area contributed by atoms with E-state index in [4.69, 9.17) is 0 Å². The first-order valence-electron chi connectivity index (χ1n) is 7.56. The zero-order chi connectivity index (χ0) is 16.0. The molecule has 21 heavy (non-hydrogen) atoms. The Balaban J connectivity index is 2.98. The second kappa shape index (κ2) is 7.34. The van der Waals surface area contributed by atoms with Crippen molar-refractivity contribution >= 4 is 5.97 Å². The summed E-state index contributed by atoms with van der Waals surface area (Å²) in [4.78, 5) is 11.6. The highest BCUT2D eigenvalue weighted by atomic mass is 16.4. The van der Waals surface area contributed by atoms with Gasteiger partial charge in [-0.25, -0.2) is 0 Å². The van der Waals surface area contributed by atoms with Crippen molar-refractivity contribution in [3.63, 3.8) is 0 Å². The van der Waals surface area contributed by atoms with Crippen molar-refractivity contribution in [3.8, 4) is 11.5 Å². The molecule has 3 N–H and O–H groups in total. The van der Waals surface area contributed by atoms with Gasteiger partial charge < -0.3 is 15.3 Å². The lowest BCUT2D eigenvalue weighted by Gasteiger charge is -2.32. The Bertz CT molecular complexity index is 480. The fraction of sp³-hybridized carbons (Fsp3) is 0.588. The molecule has 4 nitrogen and oxygen atoms in total. The molecule has 1 aromatic carbocycles. The van der Waals surface area contributed by atoms with Crippen LogP contribution in [0, 0.1) is 5.92 Å². The van der Waals surface area contributed by atoms with Crippen LogP contribution in [0.4, 0.5) is 0 Å². The number of benzene rings is 1. The van der Waals surface area contributed by atoms with Gasteiger partial charge in [0.25, 0.3) is 0 Å². The van der Waals surface area contributed by atoms with Crippen molar-refractivity contribution < 1.29 is 20.1 Å². The lowest BCUT2D eigenvalue weighted by atomic mass is 9.71. The van der Waals surface area contributed by atoms with Gasteiger partial charge in [0.15, 0.2) is 0 Å². The second-order valence-corrected chi connectivity index (χ2v) is 6.16. The average molecular weight is 294 g/mol. The van der Waals surface area contributed by atoms with Gasteiger partial charge in [-0.3, -0.25) is 4.79 Å². The van der Waals surface area contributed by atoms with Crippen molar-refractivity contribution in [2.75, 3.05) is 0 Å². The number of rotatable bonds is 8. The van der Waals surface area contributed by atoms with Crippen molar-refractivity contribution in [3.05, 3.63) is 23.8 Å². The van der Waals surface area contributed by atoms with E-state index in [2.05, 4.69) is 6.92 Å². The van der Waals surface area contributed by atoms with Gasteiger partial charge in [0, 0.05) is 11.0 Å². The third kappa shape index (κ3) is 4.38. The van der Waals surface area contributed by atoms with E-state index in [1.807, 2.05) is 0 Å². The molecule has 1 aromatic rings. The fourth-order valence-electron chi connectivity index (χ4n) is 2.80. The predicted molar refractivity (Wildman–Crippen MR) is 82.7 cm³/mol. The van der Waals surface area contributed by atoms with Crippen LogP contribution < -0.4 is 0 Å². The Hall–Kier alpha value is -1.71. The molecule has 0 saturated heterocycles. The number of phenolic OH excluding ortho intramolecular Hbond substituents is 2. The van der Waals surface area contributed by atoms with Crippen molar-refractivity contribution in [1.29, 1.82) is 0 Å². The van der Waals surface area contributed by atoms with Gasteiger partial charge in [0.1, 0.15) is 11.5 Å². The number of carbonyl (C=O) groups is 1. The van der Waals surface area contributed by atoms with Crippen molar-refractivity contribution in [2.24, 2.45) is 5.92 Å². The summed E-state index contributed by atoms with van der Waals surface area (Å²) in [7, 11) is 0. The van der Waals surface area contributed by atoms with Gasteiger partial charge in [0.05, 0.1) is 5.92 Å². The Labute approximate surface area is 126 Å². The molecule has 1 unspecified atom stereocenters. The molecule has 0 heterocycles. The minimum absolute atomic E-state index is 0.0256. The Morgan fingerprint density at radius 2 is 1.86 bits per heavy atom. The topological polar surface area (TPSA) is 77.8 Å². The van der Waals surface area contributed by atoms with Crippen LogP contribution >= 0.6 is 0 Å². The van der Waals surface area contributed by atoms with E-state index in [1.165, 1.54) is 18.2 Å². The minimum Gasteiger partial charge on any atom is -0.508 e. The Morgan fingerprint density at radius 1 is 1.19 bits per heavy atom. The summed E-state index contributed by atoms with van der Waals surface area (Å²) in [5, 5.41) is 29.2. The van der Waals surface area contributed by atoms with Gasteiger partial charge in [-0.15, -0.1) is 0 Å². The third-order valence-electron chi connectivity index (χ3n) is 4.19. The van der Waals surface area contributed by atoms with Crippen LogP contribution in [-0.4, -0.2) is 21.3 Å². The lowest BCUT2D eigenvalue weighted by molar-refractivity contribution is -0.144. The second-order valence-electron chi connectivity index (χ2n) is 6.16. The van der Waals surface area contributed by atoms with Gasteiger partial charge in [-0.2, -0.15) is 0 Å². The average Bonchev–Trinajstić information content (AvgIpc) is 2.40. The maximum Gasteiger partial charge on any atom is 0.307 e. The summed E-state index contributed by atoms with van der Waals surface area (Å²) in [5.41, 5.74) is -0.272. The van der Waals surface area contributed by atoms with Crippen LogP contribution in [0.2, 0.25) is 0 Å². The van der Waals surface area contributed by atoms with E-state index >= 15 is 0 Å².